The smallest absolute Gasteiger partial charge is 0.320 e. The van der Waals surface area contributed by atoms with Gasteiger partial charge in [0.2, 0.25) is 0 Å². The number of anilines is 1. The number of benzene rings is 2. The lowest BCUT2D eigenvalue weighted by molar-refractivity contribution is -0.137. The van der Waals surface area contributed by atoms with Crippen LogP contribution in [0.3, 0.4) is 0 Å². The number of thiazole rings is 1. The van der Waals surface area contributed by atoms with Crippen LogP contribution in [-0.2, 0) is 6.18 Å². The molecule has 134 valence electrons. The first-order chi connectivity index (χ1) is 12.3. The minimum absolute atomic E-state index is 0.315. The number of para-hydroxylation sites is 1. The lowest BCUT2D eigenvalue weighted by Gasteiger charge is -2.06. The molecule has 0 aliphatic carbocycles. The van der Waals surface area contributed by atoms with Crippen molar-refractivity contribution in [2.24, 2.45) is 0 Å². The van der Waals surface area contributed by atoms with Gasteiger partial charge in [-0.25, -0.2) is 4.98 Å². The molecule has 0 atom stereocenters. The predicted octanol–water partition coefficient (Wildman–Crippen LogP) is 6.15. The zero-order valence-corrected chi connectivity index (χ0v) is 15.8. The Hall–Kier alpha value is -2.19. The van der Waals surface area contributed by atoms with E-state index < -0.39 is 11.7 Å². The van der Waals surface area contributed by atoms with Crippen molar-refractivity contribution in [3.8, 4) is 10.6 Å². The van der Waals surface area contributed by atoms with E-state index in [2.05, 4.69) is 26.2 Å². The molecule has 3 aromatic rings. The second-order valence-electron chi connectivity index (χ2n) is 5.44. The number of rotatable bonds is 3. The van der Waals surface area contributed by atoms with Crippen LogP contribution in [0.15, 0.2) is 53.0 Å². The molecule has 3 nitrogen and oxygen atoms in total. The van der Waals surface area contributed by atoms with E-state index in [-0.39, 0.29) is 5.91 Å². The fraction of sp³-hybridized carbons (Fsp3) is 0.111. The maximum Gasteiger partial charge on any atom is 0.416 e. The first-order valence-corrected chi connectivity index (χ1v) is 9.07. The van der Waals surface area contributed by atoms with Crippen LogP contribution in [-0.4, -0.2) is 10.9 Å². The highest BCUT2D eigenvalue weighted by atomic mass is 79.9. The quantitative estimate of drug-likeness (QED) is 0.530. The van der Waals surface area contributed by atoms with Gasteiger partial charge in [0.05, 0.1) is 16.9 Å². The molecule has 0 saturated carbocycles. The van der Waals surface area contributed by atoms with Gasteiger partial charge in [-0.15, -0.1) is 11.3 Å². The first-order valence-electron chi connectivity index (χ1n) is 7.46. The summed E-state index contributed by atoms with van der Waals surface area (Å²) in [5.41, 5.74) is 0.961. The SMILES string of the molecule is Cc1nc(-c2ccc(C(F)(F)F)cc2)sc1C(=O)Nc1ccccc1Br. The lowest BCUT2D eigenvalue weighted by atomic mass is 10.1. The number of amides is 1. The van der Waals surface area contributed by atoms with Gasteiger partial charge >= 0.3 is 6.18 Å². The third-order valence-electron chi connectivity index (χ3n) is 3.58. The van der Waals surface area contributed by atoms with Gasteiger partial charge in [-0.2, -0.15) is 13.2 Å². The summed E-state index contributed by atoms with van der Waals surface area (Å²) in [6, 6.07) is 11.9. The summed E-state index contributed by atoms with van der Waals surface area (Å²) in [7, 11) is 0. The molecular weight excluding hydrogens is 429 g/mol. The molecule has 1 amide bonds. The summed E-state index contributed by atoms with van der Waals surface area (Å²) in [6.45, 7) is 1.69. The van der Waals surface area contributed by atoms with Crippen molar-refractivity contribution in [3.05, 3.63) is 69.1 Å². The highest BCUT2D eigenvalue weighted by molar-refractivity contribution is 9.10. The van der Waals surface area contributed by atoms with E-state index in [0.717, 1.165) is 27.9 Å². The summed E-state index contributed by atoms with van der Waals surface area (Å²) in [4.78, 5) is 17.2. The lowest BCUT2D eigenvalue weighted by Crippen LogP contribution is -2.11. The summed E-state index contributed by atoms with van der Waals surface area (Å²) in [6.07, 6.45) is -4.38. The molecule has 0 aliphatic heterocycles. The molecule has 0 spiro atoms. The largest absolute Gasteiger partial charge is 0.416 e. The molecule has 8 heteroatoms. The number of hydrogen-bond donors (Lipinski definition) is 1. The summed E-state index contributed by atoms with van der Waals surface area (Å²) in [5, 5.41) is 3.29. The summed E-state index contributed by atoms with van der Waals surface area (Å²) >= 11 is 4.50. The van der Waals surface area contributed by atoms with E-state index in [9.17, 15) is 18.0 Å². The molecule has 0 saturated heterocycles. The molecule has 26 heavy (non-hydrogen) atoms. The Bertz CT molecular complexity index is 952. The number of nitrogens with one attached hydrogen (secondary N) is 1. The average Bonchev–Trinajstić information content (AvgIpc) is 2.98. The van der Waals surface area contributed by atoms with Gasteiger partial charge in [0.1, 0.15) is 9.88 Å². The van der Waals surface area contributed by atoms with Gasteiger partial charge in [-0.3, -0.25) is 4.79 Å². The van der Waals surface area contributed by atoms with Gasteiger partial charge in [0.25, 0.3) is 5.91 Å². The van der Waals surface area contributed by atoms with Crippen molar-refractivity contribution in [2.75, 3.05) is 5.32 Å². The Morgan fingerprint density at radius 2 is 1.77 bits per heavy atom. The number of aryl methyl sites for hydroxylation is 1. The third-order valence-corrected chi connectivity index (χ3v) is 5.48. The molecule has 1 N–H and O–H groups in total. The zero-order chi connectivity index (χ0) is 18.9. The highest BCUT2D eigenvalue weighted by Gasteiger charge is 2.30. The van der Waals surface area contributed by atoms with Gasteiger partial charge in [-0.05, 0) is 47.1 Å². The fourth-order valence-corrected chi connectivity index (χ4v) is 3.62. The molecule has 0 unspecified atom stereocenters. The standard InChI is InChI=1S/C18H12BrF3N2OS/c1-10-15(16(25)24-14-5-3-2-4-13(14)19)26-17(23-10)11-6-8-12(9-7-11)18(20,21)22/h2-9H,1H3,(H,24,25). The van der Waals surface area contributed by atoms with E-state index >= 15 is 0 Å². The van der Waals surface area contributed by atoms with E-state index in [1.807, 2.05) is 12.1 Å². The van der Waals surface area contributed by atoms with Crippen LogP contribution in [0.4, 0.5) is 18.9 Å². The van der Waals surface area contributed by atoms with Crippen molar-refractivity contribution in [1.82, 2.24) is 4.98 Å². The second kappa shape index (κ2) is 7.20. The molecule has 0 radical (unpaired) electrons. The second-order valence-corrected chi connectivity index (χ2v) is 7.30. The molecule has 2 aromatic carbocycles. The average molecular weight is 441 g/mol. The first kappa shape index (κ1) is 18.6. The van der Waals surface area contributed by atoms with Crippen LogP contribution in [0.2, 0.25) is 0 Å². The van der Waals surface area contributed by atoms with Gasteiger partial charge in [0.15, 0.2) is 0 Å². The number of aromatic nitrogens is 1. The van der Waals surface area contributed by atoms with E-state index in [4.69, 9.17) is 0 Å². The Labute approximate surface area is 160 Å². The van der Waals surface area contributed by atoms with Crippen molar-refractivity contribution in [2.45, 2.75) is 13.1 Å². The molecular formula is C18H12BrF3N2OS. The molecule has 1 aromatic heterocycles. The molecule has 0 aliphatic rings. The molecule has 3 rings (SSSR count). The zero-order valence-electron chi connectivity index (χ0n) is 13.4. The molecule has 0 bridgehead atoms. The number of halogens is 4. The Kier molecular flexibility index (Phi) is 5.15. The van der Waals surface area contributed by atoms with Crippen LogP contribution in [0, 0.1) is 6.92 Å². The number of carbonyl (C=O) groups is 1. The van der Waals surface area contributed by atoms with Crippen molar-refractivity contribution in [1.29, 1.82) is 0 Å². The van der Waals surface area contributed by atoms with Crippen molar-refractivity contribution in [3.63, 3.8) is 0 Å². The van der Waals surface area contributed by atoms with Crippen LogP contribution in [0.1, 0.15) is 20.9 Å². The van der Waals surface area contributed by atoms with Crippen molar-refractivity contribution >= 4 is 38.9 Å². The van der Waals surface area contributed by atoms with Crippen LogP contribution in [0.5, 0.6) is 0 Å². The van der Waals surface area contributed by atoms with Crippen LogP contribution < -0.4 is 5.32 Å². The Morgan fingerprint density at radius 3 is 2.38 bits per heavy atom. The number of carbonyl (C=O) groups excluding carboxylic acids is 1. The van der Waals surface area contributed by atoms with Crippen molar-refractivity contribution < 1.29 is 18.0 Å². The number of nitrogens with zero attached hydrogens (tertiary/aromatic N) is 1. The Morgan fingerprint density at radius 1 is 1.12 bits per heavy atom. The van der Waals surface area contributed by atoms with Gasteiger partial charge in [0, 0.05) is 10.0 Å². The maximum absolute atomic E-state index is 12.7. The topological polar surface area (TPSA) is 42.0 Å². The predicted molar refractivity (Wildman–Crippen MR) is 99.4 cm³/mol. The monoisotopic (exact) mass is 440 g/mol. The third kappa shape index (κ3) is 3.96. The minimum Gasteiger partial charge on any atom is -0.320 e. The Balaban J connectivity index is 1.85. The maximum atomic E-state index is 12.7. The van der Waals surface area contributed by atoms with E-state index in [1.165, 1.54) is 12.1 Å². The molecule has 1 heterocycles. The van der Waals surface area contributed by atoms with Gasteiger partial charge in [-0.1, -0.05) is 24.3 Å². The normalized spacial score (nSPS) is 11.4. The highest BCUT2D eigenvalue weighted by Crippen LogP contribution is 2.33. The molecule has 0 fully saturated rings. The fourth-order valence-electron chi connectivity index (χ4n) is 2.27. The minimum atomic E-state index is -4.38. The summed E-state index contributed by atoms with van der Waals surface area (Å²) in [5.74, 6) is -0.315. The van der Waals surface area contributed by atoms with Gasteiger partial charge < -0.3 is 5.32 Å². The van der Waals surface area contributed by atoms with E-state index in [1.54, 1.807) is 19.1 Å². The summed E-state index contributed by atoms with van der Waals surface area (Å²) < 4.78 is 38.7. The number of hydrogen-bond acceptors (Lipinski definition) is 3. The van der Waals surface area contributed by atoms with Crippen LogP contribution in [0.25, 0.3) is 10.6 Å². The number of alkyl halides is 3. The van der Waals surface area contributed by atoms with Crippen LogP contribution >= 0.6 is 27.3 Å². The van der Waals surface area contributed by atoms with E-state index in [0.29, 0.717) is 26.8 Å².